The van der Waals surface area contributed by atoms with Crippen LogP contribution in [0.15, 0.2) is 0 Å². The smallest absolute Gasteiger partial charge is 0.170 e. The summed E-state index contributed by atoms with van der Waals surface area (Å²) in [5, 5.41) is 0. The van der Waals surface area contributed by atoms with Gasteiger partial charge >= 0.3 is 12.4 Å². The summed E-state index contributed by atoms with van der Waals surface area (Å²) in [6.45, 7) is 0.358. The molecule has 23 heavy (non-hydrogen) atoms. The maximum atomic E-state index is 13.2. The van der Waals surface area contributed by atoms with E-state index in [1.54, 1.807) is 0 Å². The van der Waals surface area contributed by atoms with Crippen LogP contribution < -0.4 is 0 Å². The fourth-order valence-corrected chi connectivity index (χ4v) is 6.85. The van der Waals surface area contributed by atoms with E-state index in [-0.39, 0.29) is 5.92 Å². The van der Waals surface area contributed by atoms with Gasteiger partial charge < -0.3 is 0 Å². The van der Waals surface area contributed by atoms with Gasteiger partial charge in [0.25, 0.3) is 0 Å². The molecule has 4 aliphatic carbocycles. The highest BCUT2D eigenvalue weighted by atomic mass is 19.4. The summed E-state index contributed by atoms with van der Waals surface area (Å²) >= 11 is 0. The minimum Gasteiger partial charge on any atom is -0.170 e. The Morgan fingerprint density at radius 1 is 0.739 bits per heavy atom. The Labute approximate surface area is 132 Å². The maximum absolute atomic E-state index is 13.2. The van der Waals surface area contributed by atoms with Crippen molar-refractivity contribution in [2.75, 3.05) is 0 Å². The van der Waals surface area contributed by atoms with E-state index in [2.05, 4.69) is 0 Å². The van der Waals surface area contributed by atoms with Gasteiger partial charge in [-0.1, -0.05) is 0 Å². The SMILES string of the molecule is CC(CC1CC2CC1C1C3CCC(C3)C21)(C(F)(F)F)C(F)(F)F. The summed E-state index contributed by atoms with van der Waals surface area (Å²) in [5.74, 6) is 2.39. The zero-order chi connectivity index (χ0) is 16.8. The summed E-state index contributed by atoms with van der Waals surface area (Å²) in [6.07, 6.45) is -6.26. The van der Waals surface area contributed by atoms with E-state index < -0.39 is 30.1 Å². The molecule has 0 radical (unpaired) electrons. The van der Waals surface area contributed by atoms with E-state index in [9.17, 15) is 26.3 Å². The van der Waals surface area contributed by atoms with Crippen molar-refractivity contribution in [3.05, 3.63) is 0 Å². The average molecular weight is 340 g/mol. The van der Waals surface area contributed by atoms with Gasteiger partial charge in [0.2, 0.25) is 0 Å². The minimum absolute atomic E-state index is 0.101. The van der Waals surface area contributed by atoms with Crippen LogP contribution in [0.3, 0.4) is 0 Å². The largest absolute Gasteiger partial charge is 0.402 e. The molecular formula is C17H22F6. The van der Waals surface area contributed by atoms with Crippen molar-refractivity contribution in [1.82, 2.24) is 0 Å². The molecule has 0 aliphatic heterocycles. The molecule has 6 heteroatoms. The van der Waals surface area contributed by atoms with Gasteiger partial charge in [-0.3, -0.25) is 0 Å². The van der Waals surface area contributed by atoms with E-state index in [1.807, 2.05) is 0 Å². The first kappa shape index (κ1) is 16.1. The quantitative estimate of drug-likeness (QED) is 0.438. The second kappa shape index (κ2) is 4.60. The van der Waals surface area contributed by atoms with Crippen molar-refractivity contribution in [2.45, 2.75) is 57.8 Å². The summed E-state index contributed by atoms with van der Waals surface area (Å²) in [7, 11) is 0. The molecular weight excluding hydrogens is 318 g/mol. The minimum atomic E-state index is -5.23. The predicted molar refractivity (Wildman–Crippen MR) is 72.3 cm³/mol. The van der Waals surface area contributed by atoms with Crippen LogP contribution >= 0.6 is 0 Å². The number of fused-ring (bicyclic) bond motifs is 9. The lowest BCUT2D eigenvalue weighted by atomic mass is 9.64. The second-order valence-corrected chi connectivity index (χ2v) is 8.68. The van der Waals surface area contributed by atoms with Crippen LogP contribution in [0.1, 0.15) is 45.4 Å². The lowest BCUT2D eigenvalue weighted by molar-refractivity contribution is -0.340. The first-order valence-corrected chi connectivity index (χ1v) is 8.66. The number of halogens is 6. The van der Waals surface area contributed by atoms with E-state index in [0.717, 1.165) is 12.8 Å². The Morgan fingerprint density at radius 3 is 1.87 bits per heavy atom. The Bertz CT molecular complexity index is 478. The topological polar surface area (TPSA) is 0 Å². The van der Waals surface area contributed by atoms with Gasteiger partial charge in [0.15, 0.2) is 5.41 Å². The monoisotopic (exact) mass is 340 g/mol. The highest BCUT2D eigenvalue weighted by molar-refractivity contribution is 5.11. The Balaban J connectivity index is 1.56. The second-order valence-electron chi connectivity index (χ2n) is 8.68. The van der Waals surface area contributed by atoms with Crippen molar-refractivity contribution in [3.63, 3.8) is 0 Å². The molecule has 0 nitrogen and oxygen atoms in total. The zero-order valence-electron chi connectivity index (χ0n) is 13.1. The lowest BCUT2D eigenvalue weighted by Crippen LogP contribution is -2.50. The van der Waals surface area contributed by atoms with Gasteiger partial charge in [0.1, 0.15) is 0 Å². The number of alkyl halides is 6. The number of hydrogen-bond donors (Lipinski definition) is 0. The molecule has 0 N–H and O–H groups in total. The van der Waals surface area contributed by atoms with Gasteiger partial charge in [-0.2, -0.15) is 26.3 Å². The van der Waals surface area contributed by atoms with Crippen LogP contribution in [-0.2, 0) is 0 Å². The molecule has 132 valence electrons. The van der Waals surface area contributed by atoms with Crippen molar-refractivity contribution >= 4 is 0 Å². The molecule has 0 heterocycles. The molecule has 0 saturated heterocycles. The van der Waals surface area contributed by atoms with E-state index in [0.29, 0.717) is 42.9 Å². The third-order valence-electron chi connectivity index (χ3n) is 7.79. The Morgan fingerprint density at radius 2 is 1.30 bits per heavy atom. The summed E-state index contributed by atoms with van der Waals surface area (Å²) in [5.41, 5.74) is -3.57. The first-order valence-electron chi connectivity index (χ1n) is 8.66. The van der Waals surface area contributed by atoms with E-state index in [1.165, 1.54) is 12.8 Å². The van der Waals surface area contributed by atoms with Crippen molar-refractivity contribution in [2.24, 2.45) is 46.8 Å². The van der Waals surface area contributed by atoms with Gasteiger partial charge in [0.05, 0.1) is 0 Å². The Hall–Kier alpha value is -0.420. The van der Waals surface area contributed by atoms with E-state index >= 15 is 0 Å². The van der Waals surface area contributed by atoms with Gasteiger partial charge in [-0.05, 0) is 86.9 Å². The fraction of sp³-hybridized carbons (Fsp3) is 1.00. The molecule has 4 saturated carbocycles. The standard InChI is InChI=1S/C17H22F6/c1-15(16(18,19)20,17(21,22)23)7-11-5-10-6-12(11)14-9-3-2-8(4-9)13(10)14/h8-14H,2-7H2,1H3. The number of rotatable bonds is 2. The highest BCUT2D eigenvalue weighted by Gasteiger charge is 2.70. The molecule has 4 aliphatic rings. The predicted octanol–water partition coefficient (Wildman–Crippen LogP) is 5.83. The van der Waals surface area contributed by atoms with Crippen LogP contribution in [0, 0.1) is 46.8 Å². The summed E-state index contributed by atoms with van der Waals surface area (Å²) < 4.78 is 79.2. The van der Waals surface area contributed by atoms with Crippen LogP contribution in [0.5, 0.6) is 0 Å². The molecule has 4 bridgehead atoms. The van der Waals surface area contributed by atoms with Gasteiger partial charge in [-0.15, -0.1) is 0 Å². The highest BCUT2D eigenvalue weighted by Crippen LogP contribution is 2.70. The Kier molecular flexibility index (Phi) is 3.21. The first-order chi connectivity index (χ1) is 10.5. The molecule has 4 fully saturated rings. The van der Waals surface area contributed by atoms with Crippen LogP contribution in [0.4, 0.5) is 26.3 Å². The average Bonchev–Trinajstić information content (AvgIpc) is 3.14. The molecule has 0 aromatic carbocycles. The van der Waals surface area contributed by atoms with Gasteiger partial charge in [0, 0.05) is 0 Å². The maximum Gasteiger partial charge on any atom is 0.402 e. The summed E-state index contributed by atoms with van der Waals surface area (Å²) in [6, 6.07) is 0. The van der Waals surface area contributed by atoms with E-state index in [4.69, 9.17) is 0 Å². The van der Waals surface area contributed by atoms with Crippen LogP contribution in [-0.4, -0.2) is 12.4 Å². The third kappa shape index (κ3) is 2.05. The molecule has 0 spiro atoms. The zero-order valence-corrected chi connectivity index (χ0v) is 13.1. The van der Waals surface area contributed by atoms with Crippen molar-refractivity contribution in [3.8, 4) is 0 Å². The normalized spacial score (nSPS) is 45.8. The molecule has 0 aromatic heterocycles. The lowest BCUT2D eigenvalue weighted by Gasteiger charge is -2.42. The fourth-order valence-electron chi connectivity index (χ4n) is 6.85. The van der Waals surface area contributed by atoms with Crippen LogP contribution in [0.25, 0.3) is 0 Å². The molecule has 0 amide bonds. The van der Waals surface area contributed by atoms with Gasteiger partial charge in [-0.25, -0.2) is 0 Å². The molecule has 7 unspecified atom stereocenters. The summed E-state index contributed by atoms with van der Waals surface area (Å²) in [4.78, 5) is 0. The molecule has 4 rings (SSSR count). The third-order valence-corrected chi connectivity index (χ3v) is 7.79. The molecule has 0 aromatic rings. The van der Waals surface area contributed by atoms with Crippen molar-refractivity contribution in [1.29, 1.82) is 0 Å². The van der Waals surface area contributed by atoms with Crippen molar-refractivity contribution < 1.29 is 26.3 Å². The van der Waals surface area contributed by atoms with Crippen LogP contribution in [0.2, 0.25) is 0 Å². The number of hydrogen-bond acceptors (Lipinski definition) is 0. The molecule has 7 atom stereocenters.